The number of amides is 1. The molecule has 1 saturated heterocycles. The van der Waals surface area contributed by atoms with Crippen molar-refractivity contribution in [2.75, 3.05) is 13.1 Å². The first-order chi connectivity index (χ1) is 11.8. The van der Waals surface area contributed by atoms with Crippen LogP contribution >= 0.6 is 15.9 Å². The molecule has 0 radical (unpaired) electrons. The van der Waals surface area contributed by atoms with Crippen LogP contribution in [0.15, 0.2) is 47.2 Å². The van der Waals surface area contributed by atoms with Gasteiger partial charge in [0.1, 0.15) is 11.7 Å². The molecule has 2 heterocycles. The Hall–Kier alpha value is -2.43. The molecule has 128 valence electrons. The zero-order valence-electron chi connectivity index (χ0n) is 13.5. The van der Waals surface area contributed by atoms with Gasteiger partial charge in [-0.15, -0.1) is 0 Å². The highest BCUT2D eigenvalue weighted by atomic mass is 79.9. The maximum Gasteiger partial charge on any atom is 0.407 e. The number of nitriles is 1. The number of benzene rings is 1. The largest absolute Gasteiger partial charge is 0.465 e. The van der Waals surface area contributed by atoms with Crippen molar-refractivity contribution in [2.24, 2.45) is 5.41 Å². The van der Waals surface area contributed by atoms with Crippen molar-refractivity contribution in [2.45, 2.75) is 12.5 Å². The van der Waals surface area contributed by atoms with E-state index in [9.17, 15) is 15.0 Å². The molecule has 1 aromatic carbocycles. The third kappa shape index (κ3) is 2.77. The summed E-state index contributed by atoms with van der Waals surface area (Å²) in [5.41, 5.74) is -0.776. The molecule has 2 N–H and O–H groups in total. The van der Waals surface area contributed by atoms with E-state index in [1.54, 1.807) is 18.2 Å². The molecular weight excluding hydrogens is 386 g/mol. The van der Waals surface area contributed by atoms with Gasteiger partial charge in [0.05, 0.1) is 5.56 Å². The number of carbonyl (C=O) groups is 1. The number of hydrogen-bond acceptors (Lipinski definition) is 4. The van der Waals surface area contributed by atoms with Crippen molar-refractivity contribution in [3.8, 4) is 6.07 Å². The normalized spacial score (nSPS) is 17.9. The van der Waals surface area contributed by atoms with Gasteiger partial charge in [-0.3, -0.25) is 4.98 Å². The van der Waals surface area contributed by atoms with E-state index in [1.165, 1.54) is 17.3 Å². The Morgan fingerprint density at radius 2 is 1.96 bits per heavy atom. The number of likely N-dealkylation sites (tertiary alicyclic amines) is 1. The second-order valence-electron chi connectivity index (χ2n) is 6.49. The van der Waals surface area contributed by atoms with Crippen molar-refractivity contribution in [3.05, 3.63) is 63.9 Å². The van der Waals surface area contributed by atoms with Crippen LogP contribution in [0.1, 0.15) is 23.6 Å². The first kappa shape index (κ1) is 17.4. The van der Waals surface area contributed by atoms with Crippen molar-refractivity contribution < 1.29 is 15.0 Å². The highest BCUT2D eigenvalue weighted by Crippen LogP contribution is 2.50. The van der Waals surface area contributed by atoms with Gasteiger partial charge >= 0.3 is 6.09 Å². The predicted octanol–water partition coefficient (Wildman–Crippen LogP) is 2.95. The van der Waals surface area contributed by atoms with E-state index in [0.717, 1.165) is 4.47 Å². The summed E-state index contributed by atoms with van der Waals surface area (Å²) in [5, 5.41) is 30.1. The Bertz CT molecular complexity index is 857. The average Bonchev–Trinajstić information content (AvgIpc) is 2.58. The lowest BCUT2D eigenvalue weighted by Gasteiger charge is -2.55. The molecule has 2 aromatic rings. The fraction of sp³-hybridized carbons (Fsp3) is 0.278. The fourth-order valence-corrected chi connectivity index (χ4v) is 3.68. The molecule has 0 aliphatic carbocycles. The van der Waals surface area contributed by atoms with Crippen molar-refractivity contribution in [1.29, 1.82) is 5.26 Å². The van der Waals surface area contributed by atoms with E-state index in [-0.39, 0.29) is 13.1 Å². The van der Waals surface area contributed by atoms with Gasteiger partial charge < -0.3 is 15.1 Å². The lowest BCUT2D eigenvalue weighted by Crippen LogP contribution is -2.66. The Kier molecular flexibility index (Phi) is 4.27. The Morgan fingerprint density at radius 1 is 1.32 bits per heavy atom. The number of carboxylic acid groups (broad SMARTS) is 1. The minimum absolute atomic E-state index is 0.186. The summed E-state index contributed by atoms with van der Waals surface area (Å²) in [4.78, 5) is 16.5. The topological polar surface area (TPSA) is 97.5 Å². The third-order valence-corrected chi connectivity index (χ3v) is 5.30. The number of pyridine rings is 1. The van der Waals surface area contributed by atoms with Gasteiger partial charge in [-0.05, 0) is 23.8 Å². The second kappa shape index (κ2) is 6.14. The molecule has 1 aliphatic heterocycles. The number of aliphatic hydroxyl groups is 1. The smallest absolute Gasteiger partial charge is 0.407 e. The molecule has 0 spiro atoms. The molecule has 7 heteroatoms. The van der Waals surface area contributed by atoms with Crippen LogP contribution in [0, 0.1) is 16.7 Å². The lowest BCUT2D eigenvalue weighted by molar-refractivity contribution is -0.124. The summed E-state index contributed by atoms with van der Waals surface area (Å²) >= 11 is 3.38. The minimum atomic E-state index is -1.47. The molecule has 1 aromatic heterocycles. The van der Waals surface area contributed by atoms with Crippen LogP contribution in [0.2, 0.25) is 0 Å². The van der Waals surface area contributed by atoms with E-state index in [2.05, 4.69) is 20.9 Å². The van der Waals surface area contributed by atoms with Gasteiger partial charge in [0.25, 0.3) is 0 Å². The molecule has 1 atom stereocenters. The molecule has 25 heavy (non-hydrogen) atoms. The van der Waals surface area contributed by atoms with E-state index < -0.39 is 17.1 Å². The standard InChI is InChI=1S/C18H16BrN3O3/c1-17(10-22(11-17)16(23)24)18(25,13-2-4-15(19)5-3-13)14-6-12(7-20)8-21-9-14/h2-6,8-9,25H,10-11H2,1H3,(H,23,24). The zero-order valence-corrected chi connectivity index (χ0v) is 15.1. The van der Waals surface area contributed by atoms with Crippen molar-refractivity contribution >= 4 is 22.0 Å². The van der Waals surface area contributed by atoms with Crippen LogP contribution in [-0.4, -0.2) is 39.3 Å². The molecule has 1 amide bonds. The number of nitrogens with zero attached hydrogens (tertiary/aromatic N) is 3. The molecule has 0 bridgehead atoms. The van der Waals surface area contributed by atoms with Crippen LogP contribution in [0.4, 0.5) is 4.79 Å². The highest BCUT2D eigenvalue weighted by molar-refractivity contribution is 9.10. The Balaban J connectivity index is 2.13. The third-order valence-electron chi connectivity index (χ3n) is 4.77. The summed E-state index contributed by atoms with van der Waals surface area (Å²) < 4.78 is 0.869. The second-order valence-corrected chi connectivity index (χ2v) is 7.41. The maximum atomic E-state index is 11.8. The molecular formula is C18H16BrN3O3. The first-order valence-electron chi connectivity index (χ1n) is 7.62. The van der Waals surface area contributed by atoms with E-state index in [1.807, 2.05) is 25.1 Å². The Labute approximate surface area is 153 Å². The van der Waals surface area contributed by atoms with Gasteiger partial charge in [0, 0.05) is 40.9 Å². The molecule has 3 rings (SSSR count). The highest BCUT2D eigenvalue weighted by Gasteiger charge is 2.57. The molecule has 0 saturated carbocycles. The van der Waals surface area contributed by atoms with Crippen LogP contribution in [0.3, 0.4) is 0 Å². The average molecular weight is 402 g/mol. The minimum Gasteiger partial charge on any atom is -0.465 e. The monoisotopic (exact) mass is 401 g/mol. The SMILES string of the molecule is CC1(C(O)(c2ccc(Br)cc2)c2cncc(C#N)c2)CN(C(=O)O)C1. The van der Waals surface area contributed by atoms with Gasteiger partial charge in [0.15, 0.2) is 0 Å². The molecule has 1 unspecified atom stereocenters. The number of halogens is 1. The molecule has 1 aliphatic rings. The zero-order chi connectivity index (χ0) is 18.2. The predicted molar refractivity (Wildman–Crippen MR) is 93.8 cm³/mol. The molecule has 1 fully saturated rings. The lowest BCUT2D eigenvalue weighted by atomic mass is 9.62. The number of rotatable bonds is 3. The maximum absolute atomic E-state index is 11.8. The summed E-state index contributed by atoms with van der Waals surface area (Å²) in [7, 11) is 0. The van der Waals surface area contributed by atoms with Crippen molar-refractivity contribution in [1.82, 2.24) is 9.88 Å². The van der Waals surface area contributed by atoms with E-state index >= 15 is 0 Å². The Morgan fingerprint density at radius 3 is 2.52 bits per heavy atom. The van der Waals surface area contributed by atoms with Crippen LogP contribution in [-0.2, 0) is 5.60 Å². The van der Waals surface area contributed by atoms with E-state index in [0.29, 0.717) is 16.7 Å². The summed E-state index contributed by atoms with van der Waals surface area (Å²) in [6, 6.07) is 10.8. The first-order valence-corrected chi connectivity index (χ1v) is 8.41. The summed E-state index contributed by atoms with van der Waals surface area (Å²) in [6.45, 7) is 2.21. The van der Waals surface area contributed by atoms with Crippen LogP contribution < -0.4 is 0 Å². The number of aromatic nitrogens is 1. The summed E-state index contributed by atoms with van der Waals surface area (Å²) in [6.07, 6.45) is 1.94. The van der Waals surface area contributed by atoms with Gasteiger partial charge in [0.2, 0.25) is 0 Å². The van der Waals surface area contributed by atoms with Gasteiger partial charge in [-0.2, -0.15) is 5.26 Å². The van der Waals surface area contributed by atoms with Crippen molar-refractivity contribution in [3.63, 3.8) is 0 Å². The van der Waals surface area contributed by atoms with Gasteiger partial charge in [-0.1, -0.05) is 35.0 Å². The van der Waals surface area contributed by atoms with Crippen LogP contribution in [0.5, 0.6) is 0 Å². The summed E-state index contributed by atoms with van der Waals surface area (Å²) in [5.74, 6) is 0. The molecule has 6 nitrogen and oxygen atoms in total. The number of hydrogen-bond donors (Lipinski definition) is 2. The van der Waals surface area contributed by atoms with Gasteiger partial charge in [-0.25, -0.2) is 4.79 Å². The quantitative estimate of drug-likeness (QED) is 0.823. The van der Waals surface area contributed by atoms with Crippen LogP contribution in [0.25, 0.3) is 0 Å². The fourth-order valence-electron chi connectivity index (χ4n) is 3.41. The van der Waals surface area contributed by atoms with E-state index in [4.69, 9.17) is 5.26 Å².